The summed E-state index contributed by atoms with van der Waals surface area (Å²) in [4.78, 5) is 37.9. The highest BCUT2D eigenvalue weighted by atomic mass is 16.6. The molecule has 1 atom stereocenters. The van der Waals surface area contributed by atoms with E-state index in [-0.39, 0.29) is 31.1 Å². The van der Waals surface area contributed by atoms with Crippen LogP contribution in [0.15, 0.2) is 122 Å². The summed E-state index contributed by atoms with van der Waals surface area (Å²) in [5.41, 5.74) is 0. The van der Waals surface area contributed by atoms with Crippen LogP contribution < -0.4 is 0 Å². The maximum atomic E-state index is 12.8. The van der Waals surface area contributed by atoms with E-state index >= 15 is 0 Å². The zero-order valence-corrected chi connectivity index (χ0v) is 50.2. The third kappa shape index (κ3) is 62.5. The molecule has 77 heavy (non-hydrogen) atoms. The van der Waals surface area contributed by atoms with E-state index in [4.69, 9.17) is 14.2 Å². The molecule has 0 aliphatic carbocycles. The third-order valence-corrected chi connectivity index (χ3v) is 13.5. The Morgan fingerprint density at radius 3 is 0.792 bits per heavy atom. The summed E-state index contributed by atoms with van der Waals surface area (Å²) >= 11 is 0. The maximum absolute atomic E-state index is 12.8. The molecule has 0 heterocycles. The van der Waals surface area contributed by atoms with Crippen molar-refractivity contribution in [3.05, 3.63) is 122 Å². The number of allylic oxidation sites excluding steroid dienone is 20. The fraction of sp³-hybridized carbons (Fsp3) is 0.676. The van der Waals surface area contributed by atoms with Crippen molar-refractivity contribution in [2.45, 2.75) is 297 Å². The summed E-state index contributed by atoms with van der Waals surface area (Å²) < 4.78 is 16.8. The lowest BCUT2D eigenvalue weighted by atomic mass is 10.0. The molecule has 0 aliphatic rings. The molecule has 0 aromatic rings. The second-order valence-corrected chi connectivity index (χ2v) is 20.9. The van der Waals surface area contributed by atoms with E-state index in [1.54, 1.807) is 0 Å². The normalized spacial score (nSPS) is 12.9. The van der Waals surface area contributed by atoms with Crippen molar-refractivity contribution >= 4 is 17.9 Å². The molecule has 0 fully saturated rings. The summed E-state index contributed by atoms with van der Waals surface area (Å²) in [5, 5.41) is 0. The molecular formula is C71H118O6. The van der Waals surface area contributed by atoms with Gasteiger partial charge in [0.05, 0.1) is 0 Å². The molecule has 0 rings (SSSR count). The Labute approximate surface area is 475 Å². The van der Waals surface area contributed by atoms with Gasteiger partial charge in [-0.05, 0) is 109 Å². The minimum absolute atomic E-state index is 0.0810. The largest absolute Gasteiger partial charge is 0.462 e. The summed E-state index contributed by atoms with van der Waals surface area (Å²) in [5.74, 6) is -0.897. The summed E-state index contributed by atoms with van der Waals surface area (Å²) in [6.07, 6.45) is 89.7. The molecule has 0 spiro atoms. The second kappa shape index (κ2) is 64.3. The van der Waals surface area contributed by atoms with E-state index in [9.17, 15) is 14.4 Å². The Balaban J connectivity index is 4.05. The maximum Gasteiger partial charge on any atom is 0.306 e. The monoisotopic (exact) mass is 1070 g/mol. The van der Waals surface area contributed by atoms with Gasteiger partial charge in [0.15, 0.2) is 6.10 Å². The topological polar surface area (TPSA) is 78.9 Å². The van der Waals surface area contributed by atoms with Gasteiger partial charge in [-0.3, -0.25) is 14.4 Å². The predicted octanol–water partition coefficient (Wildman–Crippen LogP) is 22.0. The number of carbonyl (C=O) groups is 3. The number of rotatable bonds is 57. The van der Waals surface area contributed by atoms with E-state index in [1.807, 2.05) is 0 Å². The Bertz CT molecular complexity index is 1600. The van der Waals surface area contributed by atoms with Crippen molar-refractivity contribution in [1.29, 1.82) is 0 Å². The number of carbonyl (C=O) groups excluding carboxylic acids is 3. The van der Waals surface area contributed by atoms with Crippen molar-refractivity contribution < 1.29 is 28.6 Å². The lowest BCUT2D eigenvalue weighted by molar-refractivity contribution is -0.167. The lowest BCUT2D eigenvalue weighted by Crippen LogP contribution is -2.30. The number of ether oxygens (including phenoxy) is 3. The lowest BCUT2D eigenvalue weighted by Gasteiger charge is -2.18. The standard InChI is InChI=1S/C71H118O6/c1-4-7-10-13-15-17-19-21-23-25-27-29-31-32-33-34-35-36-37-38-40-41-43-45-47-49-51-53-55-58-61-64-70(73)76-67-68(66-75-69(72)63-60-57-12-9-6-3)77-71(74)65-62-59-56-54-52-50-48-46-44-42-39-30-28-26-24-22-20-18-16-14-11-8-5-2/h7-8,10-11,15-18,21-24,27-30,32-33,35-36,68H,4-6,9,12-14,19-20,25-26,31,34,37-67H2,1-3H3/b10-7-,11-8-,17-15-,18-16-,23-21-,24-22-,29-27-,30-28-,33-32-,36-35-. The van der Waals surface area contributed by atoms with Crippen molar-refractivity contribution in [1.82, 2.24) is 0 Å². The summed E-state index contributed by atoms with van der Waals surface area (Å²) in [7, 11) is 0. The average molecular weight is 1070 g/mol. The van der Waals surface area contributed by atoms with Gasteiger partial charge in [0.1, 0.15) is 13.2 Å². The van der Waals surface area contributed by atoms with Crippen molar-refractivity contribution in [3.63, 3.8) is 0 Å². The van der Waals surface area contributed by atoms with Crippen LogP contribution in [0.1, 0.15) is 290 Å². The smallest absolute Gasteiger partial charge is 0.306 e. The molecule has 0 aromatic carbocycles. The van der Waals surface area contributed by atoms with Gasteiger partial charge in [-0.1, -0.05) is 284 Å². The molecule has 0 aromatic heterocycles. The Morgan fingerprint density at radius 1 is 0.273 bits per heavy atom. The third-order valence-electron chi connectivity index (χ3n) is 13.5. The molecule has 0 radical (unpaired) electrons. The van der Waals surface area contributed by atoms with Crippen molar-refractivity contribution in [3.8, 4) is 0 Å². The van der Waals surface area contributed by atoms with Gasteiger partial charge < -0.3 is 14.2 Å². The number of hydrogen-bond donors (Lipinski definition) is 0. The highest BCUT2D eigenvalue weighted by Crippen LogP contribution is 2.16. The van der Waals surface area contributed by atoms with Gasteiger partial charge in [-0.25, -0.2) is 0 Å². The first kappa shape index (κ1) is 72.8. The second-order valence-electron chi connectivity index (χ2n) is 20.9. The molecule has 1 unspecified atom stereocenters. The van der Waals surface area contributed by atoms with Gasteiger partial charge in [-0.2, -0.15) is 0 Å². The van der Waals surface area contributed by atoms with Gasteiger partial charge >= 0.3 is 17.9 Å². The van der Waals surface area contributed by atoms with E-state index < -0.39 is 6.10 Å². The quantitative estimate of drug-likeness (QED) is 0.0261. The molecule has 0 bridgehead atoms. The molecule has 6 nitrogen and oxygen atoms in total. The van der Waals surface area contributed by atoms with E-state index in [0.29, 0.717) is 19.3 Å². The number of hydrogen-bond acceptors (Lipinski definition) is 6. The van der Waals surface area contributed by atoms with Crippen LogP contribution in [-0.2, 0) is 28.6 Å². The Morgan fingerprint density at radius 2 is 0.506 bits per heavy atom. The van der Waals surface area contributed by atoms with E-state index in [0.717, 1.165) is 128 Å². The highest BCUT2D eigenvalue weighted by molar-refractivity contribution is 5.71. The summed E-state index contributed by atoms with van der Waals surface area (Å²) in [6, 6.07) is 0. The average Bonchev–Trinajstić information content (AvgIpc) is 3.43. The van der Waals surface area contributed by atoms with Crippen LogP contribution >= 0.6 is 0 Å². The first-order chi connectivity index (χ1) is 38.0. The summed E-state index contributed by atoms with van der Waals surface area (Å²) in [6.45, 7) is 6.34. The Kier molecular flexibility index (Phi) is 60.8. The molecule has 0 amide bonds. The zero-order chi connectivity index (χ0) is 55.7. The molecular weight excluding hydrogens is 949 g/mol. The van der Waals surface area contributed by atoms with Crippen LogP contribution in [0.2, 0.25) is 0 Å². The predicted molar refractivity (Wildman–Crippen MR) is 334 cm³/mol. The zero-order valence-electron chi connectivity index (χ0n) is 50.2. The molecule has 0 saturated carbocycles. The van der Waals surface area contributed by atoms with Gasteiger partial charge in [-0.15, -0.1) is 0 Å². The molecule has 0 saturated heterocycles. The fourth-order valence-electron chi connectivity index (χ4n) is 8.73. The van der Waals surface area contributed by atoms with Crippen LogP contribution in [0.5, 0.6) is 0 Å². The van der Waals surface area contributed by atoms with E-state index in [1.165, 1.54) is 122 Å². The minimum atomic E-state index is -0.780. The van der Waals surface area contributed by atoms with Crippen molar-refractivity contribution in [2.75, 3.05) is 13.2 Å². The first-order valence-corrected chi connectivity index (χ1v) is 32.0. The highest BCUT2D eigenvalue weighted by Gasteiger charge is 2.19. The molecule has 6 heteroatoms. The first-order valence-electron chi connectivity index (χ1n) is 32.0. The molecule has 0 N–H and O–H groups in total. The number of esters is 3. The van der Waals surface area contributed by atoms with Gasteiger partial charge in [0, 0.05) is 19.3 Å². The minimum Gasteiger partial charge on any atom is -0.462 e. The van der Waals surface area contributed by atoms with E-state index in [2.05, 4.69) is 142 Å². The molecule has 0 aliphatic heterocycles. The van der Waals surface area contributed by atoms with Crippen molar-refractivity contribution in [2.24, 2.45) is 0 Å². The van der Waals surface area contributed by atoms with Crippen LogP contribution in [0, 0.1) is 0 Å². The van der Waals surface area contributed by atoms with Gasteiger partial charge in [0.2, 0.25) is 0 Å². The fourth-order valence-corrected chi connectivity index (χ4v) is 8.73. The van der Waals surface area contributed by atoms with Crippen LogP contribution in [0.4, 0.5) is 0 Å². The van der Waals surface area contributed by atoms with Crippen LogP contribution in [-0.4, -0.2) is 37.2 Å². The molecule has 438 valence electrons. The number of unbranched alkanes of at least 4 members (excludes halogenated alkanes) is 26. The SMILES string of the molecule is CC/C=C\C/C=C\C/C=C\C/C=C\C/C=C\C/C=C\CCCCCCCCCCCCCCC(=O)OCC(COC(=O)CCCCCCC)OC(=O)CCCCCCCCCCCC/C=C\C/C=C\C/C=C\C/C=C\CC. The van der Waals surface area contributed by atoms with Gasteiger partial charge in [0.25, 0.3) is 0 Å². The Hall–Kier alpha value is -4.19. The van der Waals surface area contributed by atoms with Crippen LogP contribution in [0.25, 0.3) is 0 Å². The van der Waals surface area contributed by atoms with Crippen LogP contribution in [0.3, 0.4) is 0 Å².